The zero-order valence-corrected chi connectivity index (χ0v) is 18.2. The van der Waals surface area contributed by atoms with Crippen LogP contribution in [0.3, 0.4) is 0 Å². The lowest BCUT2D eigenvalue weighted by atomic mass is 9.76. The summed E-state index contributed by atoms with van der Waals surface area (Å²) < 4.78 is 5.41. The Hall–Kier alpha value is -3.77. The molecule has 0 bridgehead atoms. The Kier molecular flexibility index (Phi) is 5.52. The minimum Gasteiger partial charge on any atom is -0.481 e. The van der Waals surface area contributed by atoms with Gasteiger partial charge in [0.25, 0.3) is 0 Å². The molecule has 32 heavy (non-hydrogen) atoms. The summed E-state index contributed by atoms with van der Waals surface area (Å²) in [4.78, 5) is 4.64. The molecule has 3 aromatic rings. The third kappa shape index (κ3) is 4.05. The molecular weight excluding hydrogens is 392 g/mol. The van der Waals surface area contributed by atoms with E-state index in [4.69, 9.17) is 11.2 Å². The highest BCUT2D eigenvalue weighted by atomic mass is 16.5. The number of rotatable bonds is 5. The molecule has 0 amide bonds. The van der Waals surface area contributed by atoms with Crippen molar-refractivity contribution in [3.8, 4) is 18.1 Å². The molecule has 0 unspecified atom stereocenters. The number of ether oxygens (including phenoxy) is 1. The van der Waals surface area contributed by atoms with E-state index in [1.54, 1.807) is 0 Å². The molecule has 0 fully saturated rings. The first-order chi connectivity index (χ1) is 15.7. The fraction of sp³-hybridized carbons (Fsp3) is 0.207. The number of benzene rings is 3. The topological polar surface area (TPSA) is 33.6 Å². The van der Waals surface area contributed by atoms with Crippen LogP contribution in [0.2, 0.25) is 0 Å². The van der Waals surface area contributed by atoms with Crippen LogP contribution in [0.4, 0.5) is 11.4 Å². The van der Waals surface area contributed by atoms with Crippen molar-refractivity contribution in [1.29, 1.82) is 0 Å². The first-order valence-electron chi connectivity index (χ1n) is 11.1. The summed E-state index contributed by atoms with van der Waals surface area (Å²) in [5, 5.41) is 3.81. The molecule has 3 aromatic carbocycles. The lowest BCUT2D eigenvalue weighted by Gasteiger charge is -2.37. The van der Waals surface area contributed by atoms with E-state index in [-0.39, 0.29) is 6.61 Å². The molecule has 0 aromatic heterocycles. The lowest BCUT2D eigenvalue weighted by molar-refractivity contribution is 0.370. The van der Waals surface area contributed by atoms with Gasteiger partial charge in [0, 0.05) is 17.8 Å². The maximum absolute atomic E-state index is 5.41. The summed E-state index contributed by atoms with van der Waals surface area (Å²) in [5.74, 6) is 4.27. The smallest absolute Gasteiger partial charge is 0.148 e. The van der Waals surface area contributed by atoms with E-state index in [0.717, 1.165) is 23.4 Å². The van der Waals surface area contributed by atoms with Gasteiger partial charge in [-0.1, -0.05) is 47.9 Å². The van der Waals surface area contributed by atoms with Crippen LogP contribution in [0.25, 0.3) is 0 Å². The number of hydrogen-bond acceptors (Lipinski definition) is 3. The summed E-state index contributed by atoms with van der Waals surface area (Å²) in [6.07, 6.45) is 12.9. The fourth-order valence-corrected chi connectivity index (χ4v) is 4.74. The van der Waals surface area contributed by atoms with Gasteiger partial charge >= 0.3 is 0 Å². The maximum atomic E-state index is 5.41. The molecule has 5 rings (SSSR count). The molecule has 1 aliphatic heterocycles. The van der Waals surface area contributed by atoms with Crippen molar-refractivity contribution >= 4 is 17.6 Å². The molecule has 2 aliphatic rings. The Balaban J connectivity index is 1.31. The normalized spacial score (nSPS) is 20.9. The highest BCUT2D eigenvalue weighted by Gasteiger charge is 2.37. The molecule has 0 radical (unpaired) electrons. The van der Waals surface area contributed by atoms with Crippen molar-refractivity contribution < 1.29 is 4.74 Å². The van der Waals surface area contributed by atoms with Crippen LogP contribution in [0.1, 0.15) is 40.6 Å². The van der Waals surface area contributed by atoms with Gasteiger partial charge in [-0.2, -0.15) is 0 Å². The number of allylic oxidation sites excluding steroid dienone is 2. The number of hydrogen-bond donors (Lipinski definition) is 1. The molecule has 0 saturated heterocycles. The van der Waals surface area contributed by atoms with Crippen LogP contribution in [-0.4, -0.2) is 12.8 Å². The predicted molar refractivity (Wildman–Crippen MR) is 132 cm³/mol. The van der Waals surface area contributed by atoms with Gasteiger partial charge in [-0.05, 0) is 78.4 Å². The van der Waals surface area contributed by atoms with Gasteiger partial charge in [0.15, 0.2) is 0 Å². The molecule has 1 N–H and O–H groups in total. The van der Waals surface area contributed by atoms with E-state index in [2.05, 4.69) is 77.8 Å². The number of aliphatic imine (C=N–C) groups is 1. The summed E-state index contributed by atoms with van der Waals surface area (Å²) in [6, 6.07) is 23.4. The third-order valence-corrected chi connectivity index (χ3v) is 6.34. The van der Waals surface area contributed by atoms with E-state index in [9.17, 15) is 0 Å². The van der Waals surface area contributed by atoms with Gasteiger partial charge in [0.05, 0.1) is 11.7 Å². The monoisotopic (exact) mass is 418 g/mol. The zero-order valence-electron chi connectivity index (χ0n) is 18.2. The van der Waals surface area contributed by atoms with E-state index in [0.29, 0.717) is 17.9 Å². The number of nitrogens with one attached hydrogen (secondary N) is 1. The summed E-state index contributed by atoms with van der Waals surface area (Å²) in [6.45, 7) is 2.44. The lowest BCUT2D eigenvalue weighted by Crippen LogP contribution is -2.29. The van der Waals surface area contributed by atoms with Crippen LogP contribution in [0, 0.1) is 25.2 Å². The Morgan fingerprint density at radius 2 is 1.91 bits per heavy atom. The highest BCUT2D eigenvalue weighted by molar-refractivity contribution is 5.82. The van der Waals surface area contributed by atoms with E-state index in [1.807, 2.05) is 30.5 Å². The molecule has 3 nitrogen and oxygen atoms in total. The van der Waals surface area contributed by atoms with Gasteiger partial charge < -0.3 is 10.1 Å². The van der Waals surface area contributed by atoms with Crippen LogP contribution < -0.4 is 10.1 Å². The summed E-state index contributed by atoms with van der Waals surface area (Å²) in [7, 11) is 0. The summed E-state index contributed by atoms with van der Waals surface area (Å²) in [5.41, 5.74) is 7.27. The van der Waals surface area contributed by atoms with E-state index in [1.165, 1.54) is 22.4 Å². The van der Waals surface area contributed by atoms with Gasteiger partial charge in [-0.3, -0.25) is 4.99 Å². The molecule has 3 heteroatoms. The minimum atomic E-state index is 0.276. The number of aryl methyl sites for hydroxylation is 1. The fourth-order valence-electron chi connectivity index (χ4n) is 4.74. The van der Waals surface area contributed by atoms with Gasteiger partial charge in [-0.15, -0.1) is 6.42 Å². The van der Waals surface area contributed by atoms with Crippen molar-refractivity contribution in [2.75, 3.05) is 11.9 Å². The average Bonchev–Trinajstić information content (AvgIpc) is 3.32. The second-order valence-corrected chi connectivity index (χ2v) is 8.48. The third-order valence-electron chi connectivity index (χ3n) is 6.34. The Labute approximate surface area is 189 Å². The van der Waals surface area contributed by atoms with Gasteiger partial charge in [0.2, 0.25) is 0 Å². The molecule has 3 atom stereocenters. The SMILES string of the molecule is C#CCOc1ccc(C=Nc2ccc([C@@H]3Nc4ccc(C)cc4[C@@H]4C=CC[C@H]43)cc2)cc1. The molecule has 0 spiro atoms. The molecule has 1 heterocycles. The van der Waals surface area contributed by atoms with Crippen molar-refractivity contribution in [2.24, 2.45) is 10.9 Å². The Morgan fingerprint density at radius 1 is 1.09 bits per heavy atom. The van der Waals surface area contributed by atoms with Crippen LogP contribution in [0.5, 0.6) is 5.75 Å². The second kappa shape index (κ2) is 8.77. The average molecular weight is 419 g/mol. The van der Waals surface area contributed by atoms with Crippen LogP contribution in [0.15, 0.2) is 83.9 Å². The summed E-state index contributed by atoms with van der Waals surface area (Å²) >= 11 is 0. The van der Waals surface area contributed by atoms with Crippen LogP contribution >= 0.6 is 0 Å². The van der Waals surface area contributed by atoms with Crippen molar-refractivity contribution in [3.63, 3.8) is 0 Å². The quantitative estimate of drug-likeness (QED) is 0.288. The molecule has 158 valence electrons. The van der Waals surface area contributed by atoms with Crippen molar-refractivity contribution in [3.05, 3.63) is 101 Å². The van der Waals surface area contributed by atoms with Gasteiger partial charge in [0.1, 0.15) is 12.4 Å². The number of fused-ring (bicyclic) bond motifs is 3. The van der Waals surface area contributed by atoms with Crippen molar-refractivity contribution in [2.45, 2.75) is 25.3 Å². The largest absolute Gasteiger partial charge is 0.481 e. The highest BCUT2D eigenvalue weighted by Crippen LogP contribution is 2.50. The number of nitrogens with zero attached hydrogens (tertiary/aromatic N) is 1. The van der Waals surface area contributed by atoms with E-state index < -0.39 is 0 Å². The van der Waals surface area contributed by atoms with Crippen molar-refractivity contribution in [1.82, 2.24) is 0 Å². The van der Waals surface area contributed by atoms with Gasteiger partial charge in [-0.25, -0.2) is 0 Å². The van der Waals surface area contributed by atoms with Crippen LogP contribution in [-0.2, 0) is 0 Å². The first-order valence-corrected chi connectivity index (χ1v) is 11.1. The first kappa shape index (κ1) is 20.2. The molecular formula is C29H26N2O. The Bertz CT molecular complexity index is 1200. The number of terminal acetylenes is 1. The predicted octanol–water partition coefficient (Wildman–Crippen LogP) is 6.58. The Morgan fingerprint density at radius 3 is 2.69 bits per heavy atom. The zero-order chi connectivity index (χ0) is 21.9. The molecule has 1 aliphatic carbocycles. The minimum absolute atomic E-state index is 0.276. The standard InChI is InChI=1S/C29H26N2O/c1-3-17-32-24-14-8-21(9-15-24)19-30-23-12-10-22(11-13-23)29-26-6-4-5-25(26)27-18-20(2)7-16-28(27)31-29/h1,4-5,7-16,18-19,25-26,29,31H,6,17H2,2H3/t25-,26-,29+/m1/s1. The second-order valence-electron chi connectivity index (χ2n) is 8.48. The maximum Gasteiger partial charge on any atom is 0.148 e. The molecule has 0 saturated carbocycles. The number of anilines is 1. The van der Waals surface area contributed by atoms with E-state index >= 15 is 0 Å².